The molecular weight excluding hydrogens is 352 g/mol. The average molecular weight is 378 g/mol. The van der Waals surface area contributed by atoms with Gasteiger partial charge in [-0.05, 0) is 43.1 Å². The molecule has 1 fully saturated rings. The van der Waals surface area contributed by atoms with E-state index in [1.54, 1.807) is 11.1 Å². The van der Waals surface area contributed by atoms with Gasteiger partial charge in [-0.15, -0.1) is 0 Å². The molecule has 2 aliphatic rings. The number of fused-ring (bicyclic) bond motifs is 2. The van der Waals surface area contributed by atoms with Gasteiger partial charge in [-0.25, -0.2) is 0 Å². The van der Waals surface area contributed by atoms with Gasteiger partial charge in [-0.3, -0.25) is 19.5 Å². The molecule has 0 radical (unpaired) electrons. The van der Waals surface area contributed by atoms with E-state index in [9.17, 15) is 9.59 Å². The first-order chi connectivity index (χ1) is 13.5. The Kier molecular flexibility index (Phi) is 4.89. The number of carbonyl (C=O) groups excluding carboxylic acids is 2. The summed E-state index contributed by atoms with van der Waals surface area (Å²) in [6, 6.07) is 12.0. The molecular formula is C22H26N4O2. The summed E-state index contributed by atoms with van der Waals surface area (Å²) in [5.41, 5.74) is 2.74. The first-order valence-corrected chi connectivity index (χ1v) is 9.74. The van der Waals surface area contributed by atoms with Gasteiger partial charge in [0.2, 0.25) is 11.8 Å². The fourth-order valence-electron chi connectivity index (χ4n) is 4.53. The number of benzene rings is 1. The van der Waals surface area contributed by atoms with E-state index < -0.39 is 5.41 Å². The fraction of sp³-hybridized carbons (Fsp3) is 0.409. The molecule has 2 amide bonds. The van der Waals surface area contributed by atoms with E-state index >= 15 is 0 Å². The van der Waals surface area contributed by atoms with Crippen molar-refractivity contribution in [1.29, 1.82) is 0 Å². The molecule has 1 spiro atoms. The smallest absolute Gasteiger partial charge is 0.237 e. The highest BCUT2D eigenvalue weighted by molar-refractivity contribution is 6.07. The third-order valence-electron chi connectivity index (χ3n) is 6.05. The molecule has 0 unspecified atom stereocenters. The van der Waals surface area contributed by atoms with E-state index in [4.69, 9.17) is 0 Å². The van der Waals surface area contributed by atoms with Crippen LogP contribution in [0.3, 0.4) is 0 Å². The van der Waals surface area contributed by atoms with Crippen molar-refractivity contribution in [3.8, 4) is 0 Å². The molecule has 0 bridgehead atoms. The summed E-state index contributed by atoms with van der Waals surface area (Å²) in [7, 11) is 3.79. The minimum absolute atomic E-state index is 0.119. The quantitative estimate of drug-likeness (QED) is 0.817. The summed E-state index contributed by atoms with van der Waals surface area (Å²) in [6.07, 6.45) is 4.94. The number of hydrogen-bond acceptors (Lipinski definition) is 4. The Hall–Kier alpha value is -2.73. The second-order valence-corrected chi connectivity index (χ2v) is 7.88. The zero-order chi connectivity index (χ0) is 19.7. The van der Waals surface area contributed by atoms with Crippen LogP contribution in [0.2, 0.25) is 0 Å². The average Bonchev–Trinajstić information content (AvgIpc) is 2.92. The van der Waals surface area contributed by atoms with Gasteiger partial charge < -0.3 is 9.80 Å². The number of likely N-dealkylation sites (N-methyl/N-ethyl adjacent to an activating group) is 2. The van der Waals surface area contributed by atoms with Gasteiger partial charge in [-0.2, -0.15) is 0 Å². The molecule has 4 rings (SSSR count). The van der Waals surface area contributed by atoms with Crippen molar-refractivity contribution in [1.82, 2.24) is 14.8 Å². The summed E-state index contributed by atoms with van der Waals surface area (Å²) in [4.78, 5) is 35.6. The molecule has 28 heavy (non-hydrogen) atoms. The minimum atomic E-state index is -0.469. The number of piperidine rings is 1. The number of aromatic nitrogens is 1. The second kappa shape index (κ2) is 7.36. The van der Waals surface area contributed by atoms with Crippen molar-refractivity contribution in [3.63, 3.8) is 0 Å². The van der Waals surface area contributed by atoms with Crippen molar-refractivity contribution in [2.24, 2.45) is 0 Å². The van der Waals surface area contributed by atoms with Crippen molar-refractivity contribution < 1.29 is 9.59 Å². The molecule has 6 heteroatoms. The highest BCUT2D eigenvalue weighted by atomic mass is 16.2. The van der Waals surface area contributed by atoms with Gasteiger partial charge in [0, 0.05) is 44.8 Å². The van der Waals surface area contributed by atoms with Crippen LogP contribution in [0.5, 0.6) is 0 Å². The monoisotopic (exact) mass is 378 g/mol. The number of pyridine rings is 1. The highest BCUT2D eigenvalue weighted by Gasteiger charge is 2.51. The van der Waals surface area contributed by atoms with Crippen LogP contribution in [0.15, 0.2) is 48.8 Å². The molecule has 0 aliphatic carbocycles. The van der Waals surface area contributed by atoms with Crippen LogP contribution in [0.1, 0.15) is 24.0 Å². The maximum Gasteiger partial charge on any atom is 0.237 e. The van der Waals surface area contributed by atoms with Crippen LogP contribution < -0.4 is 4.90 Å². The Morgan fingerprint density at radius 3 is 2.64 bits per heavy atom. The molecule has 1 aromatic carbocycles. The fourth-order valence-corrected chi connectivity index (χ4v) is 4.53. The van der Waals surface area contributed by atoms with Gasteiger partial charge in [0.15, 0.2) is 0 Å². The number of amides is 2. The summed E-state index contributed by atoms with van der Waals surface area (Å²) < 4.78 is 0. The van der Waals surface area contributed by atoms with E-state index in [0.717, 1.165) is 16.8 Å². The summed E-state index contributed by atoms with van der Waals surface area (Å²) in [6.45, 7) is 2.29. The van der Waals surface area contributed by atoms with Gasteiger partial charge in [0.05, 0.1) is 12.0 Å². The van der Waals surface area contributed by atoms with E-state index in [2.05, 4.69) is 11.1 Å². The SMILES string of the molecule is CN(CC(=O)N1CCC2(CC1)C(=O)N(C)c1ccccc12)Cc1cccnc1. The van der Waals surface area contributed by atoms with Crippen LogP contribution in [0.4, 0.5) is 5.69 Å². The molecule has 1 saturated heterocycles. The molecule has 6 nitrogen and oxygen atoms in total. The maximum absolute atomic E-state index is 13.0. The maximum atomic E-state index is 13.0. The first kappa shape index (κ1) is 18.6. The van der Waals surface area contributed by atoms with E-state index in [1.807, 2.05) is 60.4 Å². The standard InChI is InChI=1S/C22H26N4O2/c1-24(15-17-6-5-11-23-14-17)16-20(27)26-12-9-22(10-13-26)18-7-3-4-8-19(18)25(2)21(22)28/h3-8,11,14H,9-10,12-13,15-16H2,1-2H3. The van der Waals surface area contributed by atoms with Gasteiger partial charge in [0.25, 0.3) is 0 Å². The predicted molar refractivity (Wildman–Crippen MR) is 108 cm³/mol. The zero-order valence-corrected chi connectivity index (χ0v) is 16.5. The number of rotatable bonds is 4. The van der Waals surface area contributed by atoms with Crippen LogP contribution in [0.25, 0.3) is 0 Å². The van der Waals surface area contributed by atoms with Crippen LogP contribution in [-0.4, -0.2) is 60.3 Å². The number of carbonyl (C=O) groups is 2. The van der Waals surface area contributed by atoms with Gasteiger partial charge in [0.1, 0.15) is 0 Å². The predicted octanol–water partition coefficient (Wildman–Crippen LogP) is 2.05. The van der Waals surface area contributed by atoms with Crippen molar-refractivity contribution in [3.05, 3.63) is 59.9 Å². The Labute approximate surface area is 165 Å². The molecule has 1 aromatic heterocycles. The number of nitrogens with zero attached hydrogens (tertiary/aromatic N) is 4. The van der Waals surface area contributed by atoms with Gasteiger partial charge in [-0.1, -0.05) is 24.3 Å². The van der Waals surface area contributed by atoms with Crippen molar-refractivity contribution in [2.45, 2.75) is 24.8 Å². The molecule has 2 aliphatic heterocycles. The number of likely N-dealkylation sites (tertiary alicyclic amines) is 1. The Morgan fingerprint density at radius 1 is 1.18 bits per heavy atom. The molecule has 0 saturated carbocycles. The topological polar surface area (TPSA) is 56.8 Å². The Balaban J connectivity index is 1.39. The van der Waals surface area contributed by atoms with E-state index in [0.29, 0.717) is 39.0 Å². The summed E-state index contributed by atoms with van der Waals surface area (Å²) in [5.74, 6) is 0.280. The van der Waals surface area contributed by atoms with Crippen LogP contribution >= 0.6 is 0 Å². The molecule has 0 atom stereocenters. The lowest BCUT2D eigenvalue weighted by atomic mass is 9.73. The lowest BCUT2D eigenvalue weighted by Gasteiger charge is -2.38. The molecule has 0 N–H and O–H groups in total. The summed E-state index contributed by atoms with van der Waals surface area (Å²) in [5, 5.41) is 0. The number of hydrogen-bond donors (Lipinski definition) is 0. The first-order valence-electron chi connectivity index (χ1n) is 9.74. The lowest BCUT2D eigenvalue weighted by Crippen LogP contribution is -2.51. The van der Waals surface area contributed by atoms with Gasteiger partial charge >= 0.3 is 0 Å². The van der Waals surface area contributed by atoms with E-state index in [1.165, 1.54) is 0 Å². The van der Waals surface area contributed by atoms with Crippen molar-refractivity contribution in [2.75, 3.05) is 38.6 Å². The molecule has 146 valence electrons. The lowest BCUT2D eigenvalue weighted by molar-refractivity contribution is -0.136. The highest BCUT2D eigenvalue weighted by Crippen LogP contribution is 2.47. The Bertz CT molecular complexity index is 875. The number of para-hydroxylation sites is 1. The van der Waals surface area contributed by atoms with Crippen molar-refractivity contribution >= 4 is 17.5 Å². The third kappa shape index (κ3) is 3.18. The third-order valence-corrected chi connectivity index (χ3v) is 6.05. The molecule has 2 aromatic rings. The van der Waals surface area contributed by atoms with E-state index in [-0.39, 0.29) is 11.8 Å². The second-order valence-electron chi connectivity index (χ2n) is 7.88. The largest absolute Gasteiger partial charge is 0.341 e. The normalized spacial score (nSPS) is 18.0. The minimum Gasteiger partial charge on any atom is -0.341 e. The summed E-state index contributed by atoms with van der Waals surface area (Å²) >= 11 is 0. The number of anilines is 1. The van der Waals surface area contributed by atoms with Crippen LogP contribution in [0, 0.1) is 0 Å². The zero-order valence-electron chi connectivity index (χ0n) is 16.5. The Morgan fingerprint density at radius 2 is 1.93 bits per heavy atom. The molecule has 3 heterocycles. The van der Waals surface area contributed by atoms with Crippen LogP contribution in [-0.2, 0) is 21.5 Å².